The molecule has 1 fully saturated rings. The number of allylic oxidation sites excluding steroid dienone is 3. The van der Waals surface area contributed by atoms with Gasteiger partial charge in [0.15, 0.2) is 5.69 Å². The Labute approximate surface area is 169 Å². The van der Waals surface area contributed by atoms with Crippen molar-refractivity contribution in [3.05, 3.63) is 83.1 Å². The quantitative estimate of drug-likeness (QED) is 0.777. The van der Waals surface area contributed by atoms with Crippen molar-refractivity contribution in [1.29, 1.82) is 0 Å². The number of carbonyl (C=O) groups is 1. The van der Waals surface area contributed by atoms with E-state index in [1.165, 1.54) is 0 Å². The summed E-state index contributed by atoms with van der Waals surface area (Å²) in [6.07, 6.45) is 3.70. The Kier molecular flexibility index (Phi) is 5.50. The molecular weight excluding hydrogens is 370 g/mol. The summed E-state index contributed by atoms with van der Waals surface area (Å²) < 4.78 is 7.33. The molecule has 0 saturated carbocycles. The molecule has 0 N–H and O–H groups in total. The van der Waals surface area contributed by atoms with E-state index in [1.54, 1.807) is 11.8 Å². The number of fused-ring (bicyclic) bond motifs is 1. The number of aromatic nitrogens is 2. The molecule has 144 valence electrons. The molecule has 0 aliphatic carbocycles. The summed E-state index contributed by atoms with van der Waals surface area (Å²) in [5.41, 5.74) is 4.63. The van der Waals surface area contributed by atoms with Crippen LogP contribution in [0, 0.1) is 0 Å². The number of thioether (sulfide) groups is 1. The number of amides is 1. The Hall–Kier alpha value is -2.57. The zero-order valence-electron chi connectivity index (χ0n) is 15.8. The number of ether oxygens (including phenoxy) is 1. The molecule has 2 aliphatic heterocycles. The van der Waals surface area contributed by atoms with E-state index in [0.717, 1.165) is 27.3 Å². The van der Waals surface area contributed by atoms with E-state index in [9.17, 15) is 4.79 Å². The van der Waals surface area contributed by atoms with Crippen LogP contribution in [0.25, 0.3) is 5.57 Å². The van der Waals surface area contributed by atoms with Gasteiger partial charge in [-0.15, -0.1) is 11.8 Å². The fraction of sp³-hybridized carbons (Fsp3) is 0.273. The lowest BCUT2D eigenvalue weighted by molar-refractivity contribution is 0.0298. The van der Waals surface area contributed by atoms with Crippen molar-refractivity contribution in [2.24, 2.45) is 0 Å². The molecule has 0 unspecified atom stereocenters. The SMILES string of the molecule is C=CC1=C(C=C)c2c(c(C(=O)N3CCOCC3)nn2Cc2ccccc2)CS1. The molecule has 0 atom stereocenters. The van der Waals surface area contributed by atoms with E-state index in [2.05, 4.69) is 25.3 Å². The molecule has 1 aromatic carbocycles. The molecule has 0 spiro atoms. The molecule has 6 heteroatoms. The molecule has 1 amide bonds. The summed E-state index contributed by atoms with van der Waals surface area (Å²) in [6.45, 7) is 10.9. The molecule has 2 aliphatic rings. The van der Waals surface area contributed by atoms with Crippen molar-refractivity contribution < 1.29 is 9.53 Å². The Morgan fingerprint density at radius 3 is 2.61 bits per heavy atom. The number of nitrogens with zero attached hydrogens (tertiary/aromatic N) is 3. The Balaban J connectivity index is 1.80. The van der Waals surface area contributed by atoms with E-state index < -0.39 is 0 Å². The highest BCUT2D eigenvalue weighted by Crippen LogP contribution is 2.40. The van der Waals surface area contributed by atoms with E-state index in [4.69, 9.17) is 9.84 Å². The molecule has 0 bridgehead atoms. The monoisotopic (exact) mass is 393 g/mol. The predicted molar refractivity (Wildman–Crippen MR) is 113 cm³/mol. The van der Waals surface area contributed by atoms with E-state index >= 15 is 0 Å². The number of morpholine rings is 1. The maximum absolute atomic E-state index is 13.2. The highest BCUT2D eigenvalue weighted by molar-refractivity contribution is 8.02. The molecule has 1 aromatic heterocycles. The van der Waals surface area contributed by atoms with Crippen molar-refractivity contribution >= 4 is 23.2 Å². The van der Waals surface area contributed by atoms with Gasteiger partial charge in [-0.2, -0.15) is 5.10 Å². The van der Waals surface area contributed by atoms with Crippen LogP contribution in [-0.2, 0) is 17.0 Å². The largest absolute Gasteiger partial charge is 0.378 e. The first kappa shape index (κ1) is 18.8. The predicted octanol–water partition coefficient (Wildman–Crippen LogP) is 3.73. The Morgan fingerprint density at radius 1 is 1.18 bits per heavy atom. The van der Waals surface area contributed by atoms with Gasteiger partial charge in [-0.25, -0.2) is 0 Å². The lowest BCUT2D eigenvalue weighted by Crippen LogP contribution is -2.41. The molecule has 5 nitrogen and oxygen atoms in total. The summed E-state index contributed by atoms with van der Waals surface area (Å²) in [5.74, 6) is 0.686. The Bertz CT molecular complexity index is 940. The summed E-state index contributed by atoms with van der Waals surface area (Å²) in [5, 5.41) is 4.78. The summed E-state index contributed by atoms with van der Waals surface area (Å²) in [4.78, 5) is 16.1. The van der Waals surface area contributed by atoms with E-state index in [1.807, 2.05) is 39.9 Å². The maximum atomic E-state index is 13.2. The van der Waals surface area contributed by atoms with Gasteiger partial charge < -0.3 is 9.64 Å². The Morgan fingerprint density at radius 2 is 1.93 bits per heavy atom. The lowest BCUT2D eigenvalue weighted by Gasteiger charge is -2.26. The molecule has 3 heterocycles. The van der Waals surface area contributed by atoms with Crippen molar-refractivity contribution in [1.82, 2.24) is 14.7 Å². The zero-order valence-corrected chi connectivity index (χ0v) is 16.6. The summed E-state index contributed by atoms with van der Waals surface area (Å²) >= 11 is 1.68. The van der Waals surface area contributed by atoms with Gasteiger partial charge in [0.25, 0.3) is 5.91 Å². The van der Waals surface area contributed by atoms with Gasteiger partial charge in [-0.3, -0.25) is 9.48 Å². The number of hydrogen-bond donors (Lipinski definition) is 0. The number of carbonyl (C=O) groups excluding carboxylic acids is 1. The number of hydrogen-bond acceptors (Lipinski definition) is 4. The van der Waals surface area contributed by atoms with Gasteiger partial charge in [0.2, 0.25) is 0 Å². The third-order valence-corrected chi connectivity index (χ3v) is 6.14. The molecule has 1 saturated heterocycles. The van der Waals surface area contributed by atoms with Gasteiger partial charge in [-0.05, 0) is 5.56 Å². The van der Waals surface area contributed by atoms with E-state index in [0.29, 0.717) is 44.3 Å². The topological polar surface area (TPSA) is 47.4 Å². The second-order valence-electron chi connectivity index (χ2n) is 6.70. The first-order chi connectivity index (χ1) is 13.7. The number of benzene rings is 1. The third-order valence-electron chi connectivity index (χ3n) is 5.01. The van der Waals surface area contributed by atoms with Crippen LogP contribution in [0.3, 0.4) is 0 Å². The summed E-state index contributed by atoms with van der Waals surface area (Å²) in [6, 6.07) is 10.2. The van der Waals surface area contributed by atoms with Crippen LogP contribution >= 0.6 is 11.8 Å². The third kappa shape index (κ3) is 3.45. The highest BCUT2D eigenvalue weighted by Gasteiger charge is 2.31. The normalized spacial score (nSPS) is 16.6. The fourth-order valence-corrected chi connectivity index (χ4v) is 4.63. The lowest BCUT2D eigenvalue weighted by atomic mass is 10.0. The molecular formula is C22H23N3O2S. The van der Waals surface area contributed by atoms with Crippen molar-refractivity contribution in [2.75, 3.05) is 26.3 Å². The van der Waals surface area contributed by atoms with Gasteiger partial charge in [0, 0.05) is 34.9 Å². The zero-order chi connectivity index (χ0) is 19.5. The first-order valence-electron chi connectivity index (χ1n) is 9.36. The highest BCUT2D eigenvalue weighted by atomic mass is 32.2. The van der Waals surface area contributed by atoms with Crippen LogP contribution in [0.4, 0.5) is 0 Å². The molecule has 2 aromatic rings. The van der Waals surface area contributed by atoms with Crippen LogP contribution in [0.2, 0.25) is 0 Å². The second kappa shape index (κ2) is 8.20. The molecule has 28 heavy (non-hydrogen) atoms. The van der Waals surface area contributed by atoms with Crippen LogP contribution in [0.5, 0.6) is 0 Å². The van der Waals surface area contributed by atoms with Crippen LogP contribution in [-0.4, -0.2) is 46.9 Å². The van der Waals surface area contributed by atoms with Crippen molar-refractivity contribution in [3.8, 4) is 0 Å². The average molecular weight is 394 g/mol. The minimum Gasteiger partial charge on any atom is -0.378 e. The second-order valence-corrected chi connectivity index (χ2v) is 7.72. The minimum atomic E-state index is -0.0163. The van der Waals surface area contributed by atoms with Gasteiger partial charge in [-0.1, -0.05) is 55.6 Å². The first-order valence-corrected chi connectivity index (χ1v) is 10.3. The van der Waals surface area contributed by atoms with Gasteiger partial charge in [0.1, 0.15) is 0 Å². The van der Waals surface area contributed by atoms with Crippen LogP contribution in [0.1, 0.15) is 27.3 Å². The van der Waals surface area contributed by atoms with Gasteiger partial charge >= 0.3 is 0 Å². The van der Waals surface area contributed by atoms with Crippen molar-refractivity contribution in [2.45, 2.75) is 12.3 Å². The minimum absolute atomic E-state index is 0.0163. The van der Waals surface area contributed by atoms with Crippen LogP contribution < -0.4 is 0 Å². The average Bonchev–Trinajstić information content (AvgIpc) is 3.12. The standard InChI is InChI=1S/C22H23N3O2S/c1-3-17-19(4-2)28-15-18-20(22(26)24-10-12-27-13-11-24)23-25(21(17)18)14-16-8-6-5-7-9-16/h3-9H,1-2,10-15H2. The molecule has 0 radical (unpaired) electrons. The fourth-order valence-electron chi connectivity index (χ4n) is 3.61. The van der Waals surface area contributed by atoms with Crippen LogP contribution in [0.15, 0.2) is 60.5 Å². The van der Waals surface area contributed by atoms with E-state index in [-0.39, 0.29) is 5.91 Å². The number of rotatable bonds is 5. The maximum Gasteiger partial charge on any atom is 0.274 e. The van der Waals surface area contributed by atoms with Gasteiger partial charge in [0.05, 0.1) is 25.5 Å². The smallest absolute Gasteiger partial charge is 0.274 e. The van der Waals surface area contributed by atoms with Crippen molar-refractivity contribution in [3.63, 3.8) is 0 Å². The molecule has 4 rings (SSSR count). The summed E-state index contributed by atoms with van der Waals surface area (Å²) in [7, 11) is 0.